The molecule has 124 valence electrons. The van der Waals surface area contributed by atoms with Gasteiger partial charge in [-0.1, -0.05) is 12.8 Å². The summed E-state index contributed by atoms with van der Waals surface area (Å²) in [5.41, 5.74) is 0.892. The van der Waals surface area contributed by atoms with E-state index in [1.54, 1.807) is 30.3 Å². The monoisotopic (exact) mass is 326 g/mol. The van der Waals surface area contributed by atoms with Gasteiger partial charge in [0.15, 0.2) is 17.2 Å². The lowest BCUT2D eigenvalue weighted by Gasteiger charge is -2.12. The first-order valence-corrected chi connectivity index (χ1v) is 8.09. The maximum Gasteiger partial charge on any atom is 0.276 e. The van der Waals surface area contributed by atoms with Crippen molar-refractivity contribution in [2.24, 2.45) is 0 Å². The van der Waals surface area contributed by atoms with Crippen LogP contribution in [0.1, 0.15) is 36.2 Å². The quantitative estimate of drug-likeness (QED) is 0.898. The summed E-state index contributed by atoms with van der Waals surface area (Å²) in [5.74, 6) is 1.69. The number of fused-ring (bicyclic) bond motifs is 1. The average molecular weight is 326 g/mol. The van der Waals surface area contributed by atoms with Crippen molar-refractivity contribution >= 4 is 17.4 Å². The fourth-order valence-electron chi connectivity index (χ4n) is 2.98. The fourth-order valence-corrected chi connectivity index (χ4v) is 2.98. The SMILES string of the molecule is O=C(Nc1ccc2c(c1)OCO2)c1ccc(NC2CCCC2)nn1. The summed E-state index contributed by atoms with van der Waals surface area (Å²) in [6.45, 7) is 0.202. The van der Waals surface area contributed by atoms with Crippen LogP contribution in [0.15, 0.2) is 30.3 Å². The molecule has 1 aliphatic carbocycles. The number of carbonyl (C=O) groups excluding carboxylic acids is 1. The molecule has 1 amide bonds. The molecular weight excluding hydrogens is 308 g/mol. The van der Waals surface area contributed by atoms with E-state index in [0.717, 1.165) is 12.8 Å². The van der Waals surface area contributed by atoms with E-state index in [0.29, 0.717) is 29.0 Å². The van der Waals surface area contributed by atoms with Crippen molar-refractivity contribution in [3.8, 4) is 11.5 Å². The van der Waals surface area contributed by atoms with Crippen LogP contribution in [0.25, 0.3) is 0 Å². The number of nitrogens with one attached hydrogen (secondary N) is 2. The predicted molar refractivity (Wildman–Crippen MR) is 88.4 cm³/mol. The highest BCUT2D eigenvalue weighted by Crippen LogP contribution is 2.34. The van der Waals surface area contributed by atoms with Crippen LogP contribution < -0.4 is 20.1 Å². The minimum Gasteiger partial charge on any atom is -0.454 e. The number of benzene rings is 1. The van der Waals surface area contributed by atoms with Crippen molar-refractivity contribution in [3.63, 3.8) is 0 Å². The van der Waals surface area contributed by atoms with Crippen molar-refractivity contribution < 1.29 is 14.3 Å². The molecule has 1 aromatic heterocycles. The molecule has 1 fully saturated rings. The molecule has 24 heavy (non-hydrogen) atoms. The third kappa shape index (κ3) is 3.10. The van der Waals surface area contributed by atoms with Gasteiger partial charge in [-0.2, -0.15) is 0 Å². The molecule has 0 unspecified atom stereocenters. The molecular formula is C17H18N4O3. The summed E-state index contributed by atoms with van der Waals surface area (Å²) in [4.78, 5) is 12.3. The Bertz CT molecular complexity index is 742. The third-order valence-electron chi connectivity index (χ3n) is 4.23. The number of anilines is 2. The minimum atomic E-state index is -0.311. The van der Waals surface area contributed by atoms with Crippen LogP contribution in [0.4, 0.5) is 11.5 Å². The van der Waals surface area contributed by atoms with E-state index in [1.165, 1.54) is 12.8 Å². The lowest BCUT2D eigenvalue weighted by molar-refractivity contribution is 0.102. The molecule has 4 rings (SSSR count). The van der Waals surface area contributed by atoms with E-state index in [9.17, 15) is 4.79 Å². The molecule has 0 atom stereocenters. The zero-order valence-corrected chi connectivity index (χ0v) is 13.1. The van der Waals surface area contributed by atoms with E-state index in [1.807, 2.05) is 0 Å². The van der Waals surface area contributed by atoms with Gasteiger partial charge >= 0.3 is 0 Å². The van der Waals surface area contributed by atoms with Crippen LogP contribution in [-0.4, -0.2) is 28.9 Å². The van der Waals surface area contributed by atoms with Crippen molar-refractivity contribution in [2.75, 3.05) is 17.4 Å². The molecule has 7 nitrogen and oxygen atoms in total. The molecule has 7 heteroatoms. The van der Waals surface area contributed by atoms with E-state index < -0.39 is 0 Å². The summed E-state index contributed by atoms with van der Waals surface area (Å²) in [6, 6.07) is 9.18. The minimum absolute atomic E-state index is 0.202. The normalized spacial score (nSPS) is 16.2. The number of aromatic nitrogens is 2. The Morgan fingerprint density at radius 3 is 2.67 bits per heavy atom. The lowest BCUT2D eigenvalue weighted by Crippen LogP contribution is -2.18. The smallest absolute Gasteiger partial charge is 0.276 e. The molecule has 0 spiro atoms. The third-order valence-corrected chi connectivity index (χ3v) is 4.23. The predicted octanol–water partition coefficient (Wildman–Crippen LogP) is 2.81. The van der Waals surface area contributed by atoms with Gasteiger partial charge in [-0.15, -0.1) is 10.2 Å². The maximum absolute atomic E-state index is 12.3. The highest BCUT2D eigenvalue weighted by molar-refractivity contribution is 6.02. The van der Waals surface area contributed by atoms with E-state index in [-0.39, 0.29) is 18.4 Å². The van der Waals surface area contributed by atoms with E-state index >= 15 is 0 Å². The molecule has 0 bridgehead atoms. The van der Waals surface area contributed by atoms with Gasteiger partial charge in [-0.05, 0) is 37.1 Å². The summed E-state index contributed by atoms with van der Waals surface area (Å²) in [7, 11) is 0. The van der Waals surface area contributed by atoms with Gasteiger partial charge in [-0.25, -0.2) is 0 Å². The average Bonchev–Trinajstić information content (AvgIpc) is 3.26. The molecule has 2 aliphatic rings. The Morgan fingerprint density at radius 1 is 1.04 bits per heavy atom. The standard InChI is InChI=1S/C17H18N4O3/c22-17(19-12-5-7-14-15(9-12)24-10-23-14)13-6-8-16(21-20-13)18-11-3-1-2-4-11/h5-9,11H,1-4,10H2,(H,18,21)(H,19,22). The first kappa shape index (κ1) is 14.7. The summed E-state index contributed by atoms with van der Waals surface area (Å²) in [5, 5.41) is 14.2. The van der Waals surface area contributed by atoms with Crippen LogP contribution in [-0.2, 0) is 0 Å². The Balaban J connectivity index is 1.40. The van der Waals surface area contributed by atoms with Gasteiger partial charge in [0, 0.05) is 17.8 Å². The summed E-state index contributed by atoms with van der Waals surface area (Å²) in [6.07, 6.45) is 4.82. The van der Waals surface area contributed by atoms with Gasteiger partial charge < -0.3 is 20.1 Å². The molecule has 0 saturated heterocycles. The largest absolute Gasteiger partial charge is 0.454 e. The number of carbonyl (C=O) groups is 1. The van der Waals surface area contributed by atoms with Crippen molar-refractivity contribution in [1.82, 2.24) is 10.2 Å². The summed E-state index contributed by atoms with van der Waals surface area (Å²) < 4.78 is 10.5. The van der Waals surface area contributed by atoms with Gasteiger partial charge in [-0.3, -0.25) is 4.79 Å². The van der Waals surface area contributed by atoms with Crippen LogP contribution in [0.3, 0.4) is 0 Å². The van der Waals surface area contributed by atoms with Crippen LogP contribution in [0.2, 0.25) is 0 Å². The first-order chi connectivity index (χ1) is 11.8. The number of amides is 1. The van der Waals surface area contributed by atoms with Crippen molar-refractivity contribution in [3.05, 3.63) is 36.0 Å². The van der Waals surface area contributed by atoms with Crippen molar-refractivity contribution in [1.29, 1.82) is 0 Å². The van der Waals surface area contributed by atoms with Gasteiger partial charge in [0.2, 0.25) is 6.79 Å². The second-order valence-electron chi connectivity index (χ2n) is 5.95. The number of nitrogens with zero attached hydrogens (tertiary/aromatic N) is 2. The Kier molecular flexibility index (Phi) is 3.90. The molecule has 2 heterocycles. The van der Waals surface area contributed by atoms with Crippen molar-refractivity contribution in [2.45, 2.75) is 31.7 Å². The topological polar surface area (TPSA) is 85.4 Å². The second kappa shape index (κ2) is 6.35. The molecule has 1 aromatic carbocycles. The second-order valence-corrected chi connectivity index (χ2v) is 5.95. The zero-order valence-electron chi connectivity index (χ0n) is 13.1. The number of hydrogen-bond donors (Lipinski definition) is 2. The highest BCUT2D eigenvalue weighted by atomic mass is 16.7. The van der Waals surface area contributed by atoms with Crippen LogP contribution in [0.5, 0.6) is 11.5 Å². The molecule has 2 aromatic rings. The first-order valence-electron chi connectivity index (χ1n) is 8.09. The van der Waals surface area contributed by atoms with Crippen LogP contribution >= 0.6 is 0 Å². The molecule has 0 radical (unpaired) electrons. The van der Waals surface area contributed by atoms with Crippen LogP contribution in [0, 0.1) is 0 Å². The van der Waals surface area contributed by atoms with Gasteiger partial charge in [0.25, 0.3) is 5.91 Å². The lowest BCUT2D eigenvalue weighted by atomic mass is 10.2. The Labute approximate surface area is 139 Å². The van der Waals surface area contributed by atoms with Gasteiger partial charge in [0.1, 0.15) is 5.82 Å². The number of rotatable bonds is 4. The Morgan fingerprint density at radius 2 is 1.88 bits per heavy atom. The van der Waals surface area contributed by atoms with Gasteiger partial charge in [0.05, 0.1) is 0 Å². The zero-order chi connectivity index (χ0) is 16.4. The summed E-state index contributed by atoms with van der Waals surface area (Å²) >= 11 is 0. The highest BCUT2D eigenvalue weighted by Gasteiger charge is 2.17. The molecule has 1 aliphatic heterocycles. The fraction of sp³-hybridized carbons (Fsp3) is 0.353. The maximum atomic E-state index is 12.3. The van der Waals surface area contributed by atoms with E-state index in [2.05, 4.69) is 20.8 Å². The van der Waals surface area contributed by atoms with E-state index in [4.69, 9.17) is 9.47 Å². The Hall–Kier alpha value is -2.83. The molecule has 1 saturated carbocycles. The molecule has 2 N–H and O–H groups in total. The number of hydrogen-bond acceptors (Lipinski definition) is 6. The number of ether oxygens (including phenoxy) is 2.